The average molecular weight is 495 g/mol. The number of hydrogen-bond acceptors (Lipinski definition) is 3. The van der Waals surface area contributed by atoms with Gasteiger partial charge in [-0.2, -0.15) is 0 Å². The first-order valence-corrected chi connectivity index (χ1v) is 9.18. The number of amides is 1. The minimum atomic E-state index is -0.152. The van der Waals surface area contributed by atoms with E-state index in [2.05, 4.69) is 71.0 Å². The second-order valence-corrected chi connectivity index (χ2v) is 7.00. The Labute approximate surface area is 184 Å². The molecule has 7 heteroatoms. The van der Waals surface area contributed by atoms with Gasteiger partial charge in [0.15, 0.2) is 5.96 Å². The van der Waals surface area contributed by atoms with E-state index in [9.17, 15) is 4.79 Å². The predicted octanol–water partition coefficient (Wildman–Crippen LogP) is 3.34. The largest absolute Gasteiger partial charge is 0.356 e. The van der Waals surface area contributed by atoms with E-state index in [1.54, 1.807) is 31.6 Å². The van der Waals surface area contributed by atoms with Gasteiger partial charge in [0.05, 0.1) is 18.4 Å². The summed E-state index contributed by atoms with van der Waals surface area (Å²) in [5.74, 6) is 0.440. The first-order valence-electron chi connectivity index (χ1n) is 9.18. The zero-order chi connectivity index (χ0) is 19.7. The highest BCUT2D eigenvalue weighted by Gasteiger charge is 2.21. The van der Waals surface area contributed by atoms with Gasteiger partial charge in [-0.15, -0.1) is 24.0 Å². The molecule has 0 saturated carbocycles. The van der Waals surface area contributed by atoms with Crippen molar-refractivity contribution in [2.75, 3.05) is 25.5 Å². The topological polar surface area (TPSA) is 78.4 Å². The molecule has 0 atom stereocenters. The van der Waals surface area contributed by atoms with Crippen LogP contribution in [0.1, 0.15) is 31.9 Å². The number of carbonyl (C=O) groups excluding carboxylic acids is 1. The molecule has 2 rings (SSSR count). The molecule has 0 bridgehead atoms. The third-order valence-corrected chi connectivity index (χ3v) is 4.43. The van der Waals surface area contributed by atoms with Crippen LogP contribution in [-0.2, 0) is 16.6 Å². The molecule has 0 unspecified atom stereocenters. The molecule has 1 aromatic heterocycles. The third kappa shape index (κ3) is 7.46. The van der Waals surface area contributed by atoms with E-state index in [0.29, 0.717) is 18.2 Å². The first kappa shape index (κ1) is 23.9. The van der Waals surface area contributed by atoms with Crippen molar-refractivity contribution in [1.29, 1.82) is 0 Å². The first-order chi connectivity index (χ1) is 12.9. The van der Waals surface area contributed by atoms with Crippen LogP contribution in [0.4, 0.5) is 5.69 Å². The lowest BCUT2D eigenvalue weighted by Gasteiger charge is -2.27. The second kappa shape index (κ2) is 11.6. The minimum Gasteiger partial charge on any atom is -0.356 e. The molecule has 6 nitrogen and oxygen atoms in total. The van der Waals surface area contributed by atoms with E-state index < -0.39 is 0 Å². The van der Waals surface area contributed by atoms with Crippen molar-refractivity contribution in [3.8, 4) is 0 Å². The maximum atomic E-state index is 12.0. The maximum absolute atomic E-state index is 12.0. The number of halogens is 1. The van der Waals surface area contributed by atoms with Crippen LogP contribution in [0.5, 0.6) is 0 Å². The number of nitrogens with one attached hydrogen (secondary N) is 3. The number of pyridine rings is 1. The van der Waals surface area contributed by atoms with Gasteiger partial charge in [0.1, 0.15) is 0 Å². The van der Waals surface area contributed by atoms with Gasteiger partial charge in [0.2, 0.25) is 5.91 Å². The molecule has 0 radical (unpaired) electrons. The van der Waals surface area contributed by atoms with Gasteiger partial charge < -0.3 is 16.0 Å². The molecule has 0 aliphatic carbocycles. The van der Waals surface area contributed by atoms with E-state index in [1.807, 2.05) is 0 Å². The van der Waals surface area contributed by atoms with Crippen molar-refractivity contribution < 1.29 is 4.79 Å². The molecule has 0 aliphatic heterocycles. The molecular weight excluding hydrogens is 465 g/mol. The van der Waals surface area contributed by atoms with Crippen molar-refractivity contribution in [2.24, 2.45) is 4.99 Å². The fourth-order valence-corrected chi connectivity index (χ4v) is 2.62. The Balaban J connectivity index is 0.00000392. The lowest BCUT2D eigenvalue weighted by Crippen LogP contribution is -2.45. The number of aryl methyl sites for hydroxylation is 1. The minimum absolute atomic E-state index is 0. The summed E-state index contributed by atoms with van der Waals surface area (Å²) in [5.41, 5.74) is 3.20. The van der Waals surface area contributed by atoms with Crippen LogP contribution in [0.25, 0.3) is 0 Å². The number of benzene rings is 1. The van der Waals surface area contributed by atoms with Crippen molar-refractivity contribution in [3.05, 3.63) is 59.9 Å². The van der Waals surface area contributed by atoms with E-state index in [1.165, 1.54) is 11.1 Å². The van der Waals surface area contributed by atoms with Crippen LogP contribution in [0.3, 0.4) is 0 Å². The lowest BCUT2D eigenvalue weighted by atomic mass is 9.84. The van der Waals surface area contributed by atoms with E-state index in [0.717, 1.165) is 6.42 Å². The maximum Gasteiger partial charge on any atom is 0.243 e. The van der Waals surface area contributed by atoms with Gasteiger partial charge >= 0.3 is 0 Å². The summed E-state index contributed by atoms with van der Waals surface area (Å²) in [6.07, 6.45) is 4.31. The van der Waals surface area contributed by atoms with E-state index in [4.69, 9.17) is 0 Å². The monoisotopic (exact) mass is 495 g/mol. The molecule has 28 heavy (non-hydrogen) atoms. The number of rotatable bonds is 7. The van der Waals surface area contributed by atoms with Crippen LogP contribution < -0.4 is 16.0 Å². The van der Waals surface area contributed by atoms with Crippen molar-refractivity contribution >= 4 is 41.5 Å². The van der Waals surface area contributed by atoms with Crippen molar-refractivity contribution in [2.45, 2.75) is 32.6 Å². The number of guanidine groups is 1. The Morgan fingerprint density at radius 3 is 2.43 bits per heavy atom. The number of aromatic nitrogens is 1. The van der Waals surface area contributed by atoms with Crippen LogP contribution in [0.2, 0.25) is 0 Å². The summed E-state index contributed by atoms with van der Waals surface area (Å²) in [5, 5.41) is 9.12. The Hall–Kier alpha value is -2.16. The zero-order valence-electron chi connectivity index (χ0n) is 17.0. The number of anilines is 1. The van der Waals surface area contributed by atoms with Gasteiger partial charge in [-0.3, -0.25) is 14.8 Å². The number of hydrogen-bond donors (Lipinski definition) is 3. The van der Waals surface area contributed by atoms with Crippen LogP contribution >= 0.6 is 24.0 Å². The highest BCUT2D eigenvalue weighted by atomic mass is 127. The summed E-state index contributed by atoms with van der Waals surface area (Å²) < 4.78 is 0. The number of nitrogens with zero attached hydrogens (tertiary/aromatic N) is 2. The third-order valence-electron chi connectivity index (χ3n) is 4.43. The summed E-state index contributed by atoms with van der Waals surface area (Å²) in [6, 6.07) is 12.3. The Kier molecular flexibility index (Phi) is 9.92. The molecule has 2 aromatic rings. The molecule has 152 valence electrons. The van der Waals surface area contributed by atoms with E-state index in [-0.39, 0.29) is 41.8 Å². The zero-order valence-corrected chi connectivity index (χ0v) is 19.3. The van der Waals surface area contributed by atoms with Crippen LogP contribution in [-0.4, -0.2) is 37.0 Å². The van der Waals surface area contributed by atoms with Gasteiger partial charge in [-0.25, -0.2) is 0 Å². The molecule has 1 amide bonds. The molecule has 1 heterocycles. The Morgan fingerprint density at radius 2 is 1.86 bits per heavy atom. The number of carbonyl (C=O) groups is 1. The second-order valence-electron chi connectivity index (χ2n) is 7.00. The SMILES string of the molecule is CCc1ccc(C(C)(C)CNC(=NC)NCC(=O)Nc2cccnc2)cc1.I. The smallest absolute Gasteiger partial charge is 0.243 e. The summed E-state index contributed by atoms with van der Waals surface area (Å²) in [7, 11) is 1.69. The van der Waals surface area contributed by atoms with Gasteiger partial charge in [0, 0.05) is 25.2 Å². The van der Waals surface area contributed by atoms with Crippen LogP contribution in [0, 0.1) is 0 Å². The standard InChI is InChI=1S/C21H29N5O.HI/c1-5-16-8-10-17(11-9-16)21(2,3)15-25-20(22-4)24-14-19(27)26-18-7-6-12-23-13-18;/h6-13H,5,14-15H2,1-4H3,(H,26,27)(H2,22,24,25);1H. The van der Waals surface area contributed by atoms with Crippen molar-refractivity contribution in [1.82, 2.24) is 15.6 Å². The fourth-order valence-electron chi connectivity index (χ4n) is 2.62. The molecule has 0 aliphatic rings. The average Bonchev–Trinajstić information content (AvgIpc) is 2.69. The van der Waals surface area contributed by atoms with Crippen molar-refractivity contribution in [3.63, 3.8) is 0 Å². The van der Waals surface area contributed by atoms with Gasteiger partial charge in [-0.1, -0.05) is 45.0 Å². The Bertz CT molecular complexity index is 760. The summed E-state index contributed by atoms with van der Waals surface area (Å²) in [4.78, 5) is 20.2. The highest BCUT2D eigenvalue weighted by Crippen LogP contribution is 2.22. The Morgan fingerprint density at radius 1 is 1.14 bits per heavy atom. The van der Waals surface area contributed by atoms with Gasteiger partial charge in [-0.05, 0) is 29.7 Å². The predicted molar refractivity (Wildman–Crippen MR) is 126 cm³/mol. The lowest BCUT2D eigenvalue weighted by molar-refractivity contribution is -0.115. The molecule has 1 aromatic carbocycles. The molecular formula is C21H30IN5O. The van der Waals surface area contributed by atoms with Crippen LogP contribution in [0.15, 0.2) is 53.8 Å². The summed E-state index contributed by atoms with van der Waals surface area (Å²) >= 11 is 0. The molecule has 0 saturated heterocycles. The van der Waals surface area contributed by atoms with Gasteiger partial charge in [0.25, 0.3) is 0 Å². The quantitative estimate of drug-likeness (QED) is 0.313. The molecule has 0 fully saturated rings. The number of aliphatic imine (C=N–C) groups is 1. The molecule has 0 spiro atoms. The molecule has 3 N–H and O–H groups in total. The summed E-state index contributed by atoms with van der Waals surface area (Å²) in [6.45, 7) is 7.34. The normalized spacial score (nSPS) is 11.4. The fraction of sp³-hybridized carbons (Fsp3) is 0.381. The highest BCUT2D eigenvalue weighted by molar-refractivity contribution is 14.0. The van der Waals surface area contributed by atoms with E-state index >= 15 is 0 Å².